The number of pyridine rings is 1. The molecule has 0 aliphatic carbocycles. The Morgan fingerprint density at radius 2 is 1.80 bits per heavy atom. The number of methoxy groups -OCH3 is 1. The summed E-state index contributed by atoms with van der Waals surface area (Å²) in [6.07, 6.45) is 1.16. The Kier molecular flexibility index (Phi) is 4.94. The van der Waals surface area contributed by atoms with Crippen molar-refractivity contribution in [3.63, 3.8) is 0 Å². The van der Waals surface area contributed by atoms with Crippen molar-refractivity contribution in [2.45, 2.75) is 9.79 Å². The van der Waals surface area contributed by atoms with Gasteiger partial charge in [-0.15, -0.1) is 0 Å². The predicted molar refractivity (Wildman–Crippen MR) is 110 cm³/mol. The van der Waals surface area contributed by atoms with Crippen LogP contribution in [0.3, 0.4) is 0 Å². The summed E-state index contributed by atoms with van der Waals surface area (Å²) in [7, 11) is -2.54. The summed E-state index contributed by atoms with van der Waals surface area (Å²) in [5.41, 5.74) is 1.15. The third-order valence-corrected chi connectivity index (χ3v) is 6.50. The van der Waals surface area contributed by atoms with E-state index >= 15 is 0 Å². The molecule has 0 spiro atoms. The Bertz CT molecular complexity index is 1430. The average molecular weight is 418 g/mol. The average Bonchev–Trinajstić information content (AvgIpc) is 2.78. The number of aromatic nitrogens is 1. The van der Waals surface area contributed by atoms with Crippen LogP contribution in [-0.4, -0.2) is 20.5 Å². The summed E-state index contributed by atoms with van der Waals surface area (Å²) in [6.45, 7) is 0. The lowest BCUT2D eigenvalue weighted by Gasteiger charge is -2.15. The maximum Gasteiger partial charge on any atom is 0.208 e. The van der Waals surface area contributed by atoms with Gasteiger partial charge in [0.1, 0.15) is 17.1 Å². The molecule has 4 aromatic rings. The summed E-state index contributed by atoms with van der Waals surface area (Å²) in [6, 6.07) is 19.0. The molecule has 30 heavy (non-hydrogen) atoms. The van der Waals surface area contributed by atoms with Crippen molar-refractivity contribution >= 4 is 20.7 Å². The second-order valence-electron chi connectivity index (χ2n) is 6.51. The van der Waals surface area contributed by atoms with Crippen LogP contribution in [0.4, 0.5) is 4.39 Å². The van der Waals surface area contributed by atoms with E-state index in [4.69, 9.17) is 10.00 Å². The fraction of sp³-hybridized carbons (Fsp3) is 0.0435. The highest BCUT2D eigenvalue weighted by atomic mass is 32.2. The van der Waals surface area contributed by atoms with E-state index < -0.39 is 15.7 Å². The molecule has 0 aliphatic rings. The van der Waals surface area contributed by atoms with E-state index in [2.05, 4.69) is 4.98 Å². The molecule has 0 saturated carbocycles. The molecule has 0 saturated heterocycles. The van der Waals surface area contributed by atoms with Crippen LogP contribution in [0.1, 0.15) is 5.56 Å². The molecule has 0 amide bonds. The van der Waals surface area contributed by atoms with Gasteiger partial charge in [0.2, 0.25) is 9.84 Å². The molecule has 0 atom stereocenters. The van der Waals surface area contributed by atoms with Crippen LogP contribution >= 0.6 is 0 Å². The van der Waals surface area contributed by atoms with Gasteiger partial charge in [-0.2, -0.15) is 5.26 Å². The van der Waals surface area contributed by atoms with Gasteiger partial charge in [0.15, 0.2) is 0 Å². The zero-order valence-corrected chi connectivity index (χ0v) is 16.7. The van der Waals surface area contributed by atoms with Gasteiger partial charge in [-0.05, 0) is 42.0 Å². The molecule has 5 nitrogen and oxygen atoms in total. The second kappa shape index (κ2) is 7.58. The minimum Gasteiger partial charge on any atom is -0.497 e. The number of ether oxygens (including phenoxy) is 1. The number of rotatable bonds is 4. The predicted octanol–water partition coefficient (Wildman–Crippen LogP) is 4.75. The third-order valence-electron chi connectivity index (χ3n) is 4.73. The van der Waals surface area contributed by atoms with Gasteiger partial charge >= 0.3 is 0 Å². The highest BCUT2D eigenvalue weighted by Gasteiger charge is 2.25. The Balaban J connectivity index is 2.09. The number of halogens is 1. The Hall–Kier alpha value is -3.76. The van der Waals surface area contributed by atoms with Crippen molar-refractivity contribution in [1.29, 1.82) is 5.26 Å². The zero-order valence-electron chi connectivity index (χ0n) is 15.8. The standard InChI is InChI=1S/C23H15FN2O3S/c1-29-17-7-3-6-16(12-17)22-19-9-4-10-20(24)23(19)26-14-21(22)30(27,28)18-8-2-5-15(11-18)13-25/h2-12,14H,1H3. The van der Waals surface area contributed by atoms with Gasteiger partial charge in [0.05, 0.1) is 28.5 Å². The highest BCUT2D eigenvalue weighted by Crippen LogP contribution is 2.38. The van der Waals surface area contributed by atoms with Crippen molar-refractivity contribution in [3.8, 4) is 22.9 Å². The number of sulfone groups is 1. The van der Waals surface area contributed by atoms with Gasteiger partial charge in [0, 0.05) is 17.1 Å². The molecule has 0 radical (unpaired) electrons. The SMILES string of the molecule is COc1cccc(-c2c(S(=O)(=O)c3cccc(C#N)c3)cnc3c(F)cccc23)c1. The smallest absolute Gasteiger partial charge is 0.208 e. The molecule has 4 rings (SSSR count). The maximum absolute atomic E-state index is 14.4. The van der Waals surface area contributed by atoms with Crippen LogP contribution in [0.2, 0.25) is 0 Å². The normalized spacial score (nSPS) is 11.2. The summed E-state index contributed by atoms with van der Waals surface area (Å²) in [5.74, 6) is -0.0178. The monoisotopic (exact) mass is 418 g/mol. The van der Waals surface area contributed by atoms with Crippen LogP contribution in [0.25, 0.3) is 22.0 Å². The topological polar surface area (TPSA) is 80.0 Å². The molecule has 1 aromatic heterocycles. The number of hydrogen-bond acceptors (Lipinski definition) is 5. The zero-order chi connectivity index (χ0) is 21.3. The summed E-state index contributed by atoms with van der Waals surface area (Å²) < 4.78 is 46.7. The minimum atomic E-state index is -4.05. The largest absolute Gasteiger partial charge is 0.497 e. The van der Waals surface area contributed by atoms with Crippen molar-refractivity contribution in [2.24, 2.45) is 0 Å². The van der Waals surface area contributed by atoms with Gasteiger partial charge < -0.3 is 4.74 Å². The van der Waals surface area contributed by atoms with Crippen LogP contribution < -0.4 is 4.74 Å². The summed E-state index contributed by atoms with van der Waals surface area (Å²) in [4.78, 5) is 3.98. The molecule has 0 unspecified atom stereocenters. The second-order valence-corrected chi connectivity index (χ2v) is 8.43. The molecule has 0 N–H and O–H groups in total. The lowest BCUT2D eigenvalue weighted by molar-refractivity contribution is 0.415. The Labute approximate surface area is 172 Å². The number of nitriles is 1. The van der Waals surface area contributed by atoms with Gasteiger partial charge in [0.25, 0.3) is 0 Å². The molecule has 1 heterocycles. The van der Waals surface area contributed by atoms with Crippen LogP contribution in [0.5, 0.6) is 5.75 Å². The van der Waals surface area contributed by atoms with Gasteiger partial charge in [-0.1, -0.05) is 30.3 Å². The first kappa shape index (κ1) is 19.6. The van der Waals surface area contributed by atoms with E-state index in [1.54, 1.807) is 30.3 Å². The van der Waals surface area contributed by atoms with E-state index in [1.807, 2.05) is 6.07 Å². The van der Waals surface area contributed by atoms with Crippen LogP contribution in [0, 0.1) is 17.1 Å². The van der Waals surface area contributed by atoms with E-state index in [0.717, 1.165) is 6.20 Å². The number of fused-ring (bicyclic) bond motifs is 1. The summed E-state index contributed by atoms with van der Waals surface area (Å²) in [5, 5.41) is 9.51. The first-order valence-corrected chi connectivity index (χ1v) is 10.4. The van der Waals surface area contributed by atoms with Crippen LogP contribution in [0.15, 0.2) is 82.7 Å². The van der Waals surface area contributed by atoms with Crippen molar-refractivity contribution < 1.29 is 17.5 Å². The van der Waals surface area contributed by atoms with Gasteiger partial charge in [-0.25, -0.2) is 12.8 Å². The molecule has 3 aromatic carbocycles. The molecule has 148 valence electrons. The summed E-state index contributed by atoms with van der Waals surface area (Å²) >= 11 is 0. The van der Waals surface area contributed by atoms with E-state index in [1.165, 1.54) is 43.5 Å². The minimum absolute atomic E-state index is 0.0387. The number of para-hydroxylation sites is 1. The van der Waals surface area contributed by atoms with E-state index in [0.29, 0.717) is 22.3 Å². The number of hydrogen-bond donors (Lipinski definition) is 0. The molecular weight excluding hydrogens is 403 g/mol. The molecular formula is C23H15FN2O3S. The number of benzene rings is 3. The van der Waals surface area contributed by atoms with Crippen LogP contribution in [-0.2, 0) is 9.84 Å². The Morgan fingerprint density at radius 1 is 1.03 bits per heavy atom. The molecule has 7 heteroatoms. The van der Waals surface area contributed by atoms with Crippen molar-refractivity contribution in [1.82, 2.24) is 4.98 Å². The first-order chi connectivity index (χ1) is 14.5. The van der Waals surface area contributed by atoms with E-state index in [-0.39, 0.29) is 20.9 Å². The first-order valence-electron chi connectivity index (χ1n) is 8.92. The lowest BCUT2D eigenvalue weighted by atomic mass is 10.0. The molecule has 0 bridgehead atoms. The van der Waals surface area contributed by atoms with Crippen molar-refractivity contribution in [2.75, 3.05) is 7.11 Å². The van der Waals surface area contributed by atoms with Gasteiger partial charge in [-0.3, -0.25) is 4.98 Å². The fourth-order valence-corrected chi connectivity index (χ4v) is 4.79. The lowest BCUT2D eigenvalue weighted by Crippen LogP contribution is -2.06. The fourth-order valence-electron chi connectivity index (χ4n) is 3.31. The quantitative estimate of drug-likeness (QED) is 0.478. The van der Waals surface area contributed by atoms with E-state index in [9.17, 15) is 12.8 Å². The maximum atomic E-state index is 14.4. The Morgan fingerprint density at radius 3 is 2.57 bits per heavy atom. The molecule has 0 aliphatic heterocycles. The number of nitrogens with zero attached hydrogens (tertiary/aromatic N) is 2. The third kappa shape index (κ3) is 3.27. The van der Waals surface area contributed by atoms with Crippen molar-refractivity contribution in [3.05, 3.63) is 84.3 Å². The highest BCUT2D eigenvalue weighted by molar-refractivity contribution is 7.91. The molecule has 0 fully saturated rings.